The molecule has 0 saturated carbocycles. The Kier molecular flexibility index (Phi) is 6.08. The molecule has 2 aromatic rings. The van der Waals surface area contributed by atoms with Crippen LogP contribution in [0, 0.1) is 12.8 Å². The van der Waals surface area contributed by atoms with Crippen LogP contribution in [0.1, 0.15) is 43.4 Å². The number of nitrogens with zero attached hydrogens (tertiary/aromatic N) is 1. The number of nitrogens with one attached hydrogen (secondary N) is 1. The van der Waals surface area contributed by atoms with Crippen LogP contribution in [0.3, 0.4) is 0 Å². The van der Waals surface area contributed by atoms with Gasteiger partial charge in [0.25, 0.3) is 0 Å². The first-order valence-corrected chi connectivity index (χ1v) is 11.4. The zero-order valence-electron chi connectivity index (χ0n) is 16.7. The molecule has 0 atom stereocenters. The van der Waals surface area contributed by atoms with Crippen molar-refractivity contribution in [1.29, 1.82) is 0 Å². The average molecular weight is 401 g/mol. The van der Waals surface area contributed by atoms with Gasteiger partial charge in [-0.3, -0.25) is 9.52 Å². The van der Waals surface area contributed by atoms with Gasteiger partial charge in [-0.25, -0.2) is 8.42 Å². The standard InChI is InChI=1S/C22H28N2O3S/c1-16(2)12-13-24-21-10-9-20(14-18(21)8-11-22(24)25)23-28(26,27)15-19-7-5-4-6-17(19)3/h4-7,9-10,14,16,23H,8,11-13,15H2,1-3H3. The fraction of sp³-hybridized carbons (Fsp3) is 0.409. The Balaban J connectivity index is 1.78. The molecule has 0 radical (unpaired) electrons. The van der Waals surface area contributed by atoms with Crippen LogP contribution in [0.4, 0.5) is 11.4 Å². The van der Waals surface area contributed by atoms with Crippen molar-refractivity contribution in [2.24, 2.45) is 5.92 Å². The maximum atomic E-state index is 12.6. The van der Waals surface area contributed by atoms with E-state index in [1.807, 2.05) is 48.2 Å². The molecule has 6 heteroatoms. The largest absolute Gasteiger partial charge is 0.312 e. The molecule has 1 aliphatic rings. The van der Waals surface area contributed by atoms with Crippen LogP contribution in [-0.2, 0) is 27.0 Å². The lowest BCUT2D eigenvalue weighted by atomic mass is 9.99. The number of fused-ring (bicyclic) bond motifs is 1. The zero-order valence-corrected chi connectivity index (χ0v) is 17.6. The van der Waals surface area contributed by atoms with Crippen molar-refractivity contribution >= 4 is 27.3 Å². The highest BCUT2D eigenvalue weighted by molar-refractivity contribution is 7.91. The molecule has 28 heavy (non-hydrogen) atoms. The van der Waals surface area contributed by atoms with Crippen LogP contribution in [0.2, 0.25) is 0 Å². The highest BCUT2D eigenvalue weighted by Gasteiger charge is 2.24. The number of rotatable bonds is 7. The molecule has 0 bridgehead atoms. The minimum atomic E-state index is -3.51. The minimum Gasteiger partial charge on any atom is -0.312 e. The molecule has 0 aromatic heterocycles. The summed E-state index contributed by atoms with van der Waals surface area (Å²) in [5, 5.41) is 0. The van der Waals surface area contributed by atoms with E-state index in [1.54, 1.807) is 6.07 Å². The van der Waals surface area contributed by atoms with Gasteiger partial charge in [0.2, 0.25) is 15.9 Å². The van der Waals surface area contributed by atoms with Crippen LogP contribution < -0.4 is 9.62 Å². The summed E-state index contributed by atoms with van der Waals surface area (Å²) in [4.78, 5) is 14.2. The second kappa shape index (κ2) is 8.35. The number of carbonyl (C=O) groups excluding carboxylic acids is 1. The van der Waals surface area contributed by atoms with Crippen molar-refractivity contribution in [3.8, 4) is 0 Å². The van der Waals surface area contributed by atoms with Gasteiger partial charge in [0.1, 0.15) is 0 Å². The van der Waals surface area contributed by atoms with Gasteiger partial charge in [-0.15, -0.1) is 0 Å². The van der Waals surface area contributed by atoms with E-state index in [1.165, 1.54) is 0 Å². The van der Waals surface area contributed by atoms with Crippen molar-refractivity contribution in [1.82, 2.24) is 0 Å². The summed E-state index contributed by atoms with van der Waals surface area (Å²) in [7, 11) is -3.51. The Hall–Kier alpha value is -2.34. The molecular formula is C22H28N2O3S. The number of hydrogen-bond donors (Lipinski definition) is 1. The Morgan fingerprint density at radius 2 is 1.86 bits per heavy atom. The van der Waals surface area contributed by atoms with Gasteiger partial charge in [-0.05, 0) is 60.6 Å². The van der Waals surface area contributed by atoms with Crippen molar-refractivity contribution in [2.45, 2.75) is 45.8 Å². The molecule has 0 saturated heterocycles. The molecule has 2 aromatic carbocycles. The Labute approximate surface area is 167 Å². The van der Waals surface area contributed by atoms with Crippen molar-refractivity contribution in [2.75, 3.05) is 16.2 Å². The van der Waals surface area contributed by atoms with E-state index in [-0.39, 0.29) is 11.7 Å². The molecule has 1 aliphatic heterocycles. The summed E-state index contributed by atoms with van der Waals surface area (Å²) in [6.07, 6.45) is 2.04. The molecule has 3 rings (SSSR count). The molecule has 1 heterocycles. The highest BCUT2D eigenvalue weighted by Crippen LogP contribution is 2.31. The predicted molar refractivity (Wildman–Crippen MR) is 114 cm³/mol. The smallest absolute Gasteiger partial charge is 0.236 e. The number of sulfonamides is 1. The van der Waals surface area contributed by atoms with Gasteiger partial charge < -0.3 is 4.90 Å². The quantitative estimate of drug-likeness (QED) is 0.755. The molecule has 1 amide bonds. The molecule has 0 aliphatic carbocycles. The van der Waals surface area contributed by atoms with E-state index in [0.29, 0.717) is 31.0 Å². The van der Waals surface area contributed by atoms with Crippen LogP contribution in [0.25, 0.3) is 0 Å². The van der Waals surface area contributed by atoms with E-state index in [9.17, 15) is 13.2 Å². The molecule has 5 nitrogen and oxygen atoms in total. The summed E-state index contributed by atoms with van der Waals surface area (Å²) in [6.45, 7) is 6.89. The fourth-order valence-electron chi connectivity index (χ4n) is 3.45. The molecular weight excluding hydrogens is 372 g/mol. The Bertz CT molecular complexity index is 967. The van der Waals surface area contributed by atoms with E-state index >= 15 is 0 Å². The van der Waals surface area contributed by atoms with E-state index < -0.39 is 10.0 Å². The Morgan fingerprint density at radius 3 is 2.57 bits per heavy atom. The number of benzene rings is 2. The fourth-order valence-corrected chi connectivity index (χ4v) is 4.74. The third kappa shape index (κ3) is 4.93. The van der Waals surface area contributed by atoms with Crippen LogP contribution in [0.15, 0.2) is 42.5 Å². The average Bonchev–Trinajstić information content (AvgIpc) is 2.62. The summed E-state index contributed by atoms with van der Waals surface area (Å²) < 4.78 is 27.9. The zero-order chi connectivity index (χ0) is 20.3. The van der Waals surface area contributed by atoms with Crippen LogP contribution in [0.5, 0.6) is 0 Å². The summed E-state index contributed by atoms with van der Waals surface area (Å²) in [5.41, 5.74) is 4.21. The lowest BCUT2D eigenvalue weighted by Gasteiger charge is -2.30. The SMILES string of the molecule is Cc1ccccc1CS(=O)(=O)Nc1ccc2c(c1)CCC(=O)N2CCC(C)C. The third-order valence-electron chi connectivity index (χ3n) is 5.09. The highest BCUT2D eigenvalue weighted by atomic mass is 32.2. The monoisotopic (exact) mass is 400 g/mol. The number of carbonyl (C=O) groups is 1. The first-order chi connectivity index (χ1) is 13.2. The van der Waals surface area contributed by atoms with Crippen molar-refractivity contribution in [3.63, 3.8) is 0 Å². The van der Waals surface area contributed by atoms with Gasteiger partial charge in [-0.2, -0.15) is 0 Å². The summed E-state index contributed by atoms with van der Waals surface area (Å²) in [5.74, 6) is 0.599. The first kappa shape index (κ1) is 20.4. The van der Waals surface area contributed by atoms with Crippen molar-refractivity contribution < 1.29 is 13.2 Å². The van der Waals surface area contributed by atoms with Gasteiger partial charge in [0.05, 0.1) is 5.75 Å². The minimum absolute atomic E-state index is 0.0598. The maximum Gasteiger partial charge on any atom is 0.236 e. The second-order valence-electron chi connectivity index (χ2n) is 7.86. The van der Waals surface area contributed by atoms with E-state index in [0.717, 1.165) is 28.8 Å². The van der Waals surface area contributed by atoms with Gasteiger partial charge in [-0.1, -0.05) is 38.1 Å². The lowest BCUT2D eigenvalue weighted by Crippen LogP contribution is -2.36. The van der Waals surface area contributed by atoms with Gasteiger partial charge in [0, 0.05) is 24.3 Å². The molecule has 0 unspecified atom stereocenters. The Morgan fingerprint density at radius 1 is 1.11 bits per heavy atom. The first-order valence-electron chi connectivity index (χ1n) is 9.73. The van der Waals surface area contributed by atoms with Crippen LogP contribution >= 0.6 is 0 Å². The molecule has 0 fully saturated rings. The maximum absolute atomic E-state index is 12.6. The second-order valence-corrected chi connectivity index (χ2v) is 9.58. The number of hydrogen-bond acceptors (Lipinski definition) is 3. The van der Waals surface area contributed by atoms with Gasteiger partial charge in [0.15, 0.2) is 0 Å². The number of aryl methyl sites for hydroxylation is 2. The molecule has 150 valence electrons. The van der Waals surface area contributed by atoms with Crippen LogP contribution in [-0.4, -0.2) is 20.9 Å². The third-order valence-corrected chi connectivity index (χ3v) is 6.33. The summed E-state index contributed by atoms with van der Waals surface area (Å²) in [6, 6.07) is 13.0. The van der Waals surface area contributed by atoms with E-state index in [2.05, 4.69) is 18.6 Å². The summed E-state index contributed by atoms with van der Waals surface area (Å²) >= 11 is 0. The van der Waals surface area contributed by atoms with Crippen molar-refractivity contribution in [3.05, 3.63) is 59.2 Å². The molecule has 1 N–H and O–H groups in total. The number of amides is 1. The topological polar surface area (TPSA) is 66.5 Å². The van der Waals surface area contributed by atoms with Gasteiger partial charge >= 0.3 is 0 Å². The predicted octanol–water partition coefficient (Wildman–Crippen LogP) is 4.26. The normalized spacial score (nSPS) is 14.3. The molecule has 0 spiro atoms. The number of anilines is 2. The van der Waals surface area contributed by atoms with E-state index in [4.69, 9.17) is 0 Å². The lowest BCUT2D eigenvalue weighted by molar-refractivity contribution is -0.118.